The van der Waals surface area contributed by atoms with Crippen molar-refractivity contribution in [3.05, 3.63) is 95.1 Å². The summed E-state index contributed by atoms with van der Waals surface area (Å²) in [6, 6.07) is 24.6. The maximum atomic E-state index is 9.96. The number of β-amino-alcohol motifs (C(OH)–C–C–N with tert-alkyl or cyclic N) is 1. The zero-order valence-electron chi connectivity index (χ0n) is 19.9. The van der Waals surface area contributed by atoms with Crippen LogP contribution < -0.4 is 5.73 Å². The van der Waals surface area contributed by atoms with Crippen LogP contribution in [0.2, 0.25) is 0 Å². The summed E-state index contributed by atoms with van der Waals surface area (Å²) in [5.74, 6) is 0. The van der Waals surface area contributed by atoms with Crippen LogP contribution >= 0.6 is 0 Å². The van der Waals surface area contributed by atoms with Crippen molar-refractivity contribution in [2.75, 3.05) is 19.6 Å². The molecule has 0 radical (unpaired) electrons. The highest BCUT2D eigenvalue weighted by Gasteiger charge is 2.34. The van der Waals surface area contributed by atoms with E-state index in [-0.39, 0.29) is 24.9 Å². The fourth-order valence-electron chi connectivity index (χ4n) is 5.01. The van der Waals surface area contributed by atoms with Crippen molar-refractivity contribution in [2.45, 2.75) is 50.6 Å². The third-order valence-electron chi connectivity index (χ3n) is 7.00. The van der Waals surface area contributed by atoms with E-state index in [1.165, 1.54) is 0 Å². The molecule has 35 heavy (non-hydrogen) atoms. The molecular formula is C29H34N2O4. The number of benzene rings is 3. The van der Waals surface area contributed by atoms with E-state index in [1.54, 1.807) is 0 Å². The van der Waals surface area contributed by atoms with Crippen molar-refractivity contribution < 1.29 is 19.7 Å². The molecule has 0 unspecified atom stereocenters. The van der Waals surface area contributed by atoms with Crippen LogP contribution in [0.5, 0.6) is 0 Å². The van der Waals surface area contributed by atoms with Gasteiger partial charge in [0.05, 0.1) is 24.9 Å². The molecule has 3 aromatic carbocycles. The van der Waals surface area contributed by atoms with Crippen molar-refractivity contribution in [1.29, 1.82) is 0 Å². The third kappa shape index (κ3) is 5.81. The molecule has 184 valence electrons. The monoisotopic (exact) mass is 474 g/mol. The minimum atomic E-state index is -0.478. The Balaban J connectivity index is 1.36. The summed E-state index contributed by atoms with van der Waals surface area (Å²) in [6.45, 7) is 2.90. The number of hydrogen-bond acceptors (Lipinski definition) is 6. The normalized spacial score (nSPS) is 25.1. The van der Waals surface area contributed by atoms with Crippen LogP contribution in [-0.4, -0.2) is 47.0 Å². The van der Waals surface area contributed by atoms with Crippen LogP contribution in [-0.2, 0) is 22.6 Å². The van der Waals surface area contributed by atoms with E-state index in [9.17, 15) is 10.2 Å². The lowest BCUT2D eigenvalue weighted by Gasteiger charge is -2.37. The van der Waals surface area contributed by atoms with Crippen molar-refractivity contribution >= 4 is 0 Å². The first-order valence-corrected chi connectivity index (χ1v) is 12.4. The standard InChI is InChI=1S/C29H34N2O4/c30-16-21-2-1-3-25(14-21)22-8-10-24(11-9-22)29-34-27(18-31-13-12-26(33)17-31)15-28(35-29)23-6-4-20(19-32)5-7-23/h1-11,14,26-29,32-33H,12-13,15-19,30H2/t26-,27+,28-,29-/m0/s1. The molecule has 2 saturated heterocycles. The Labute approximate surface area is 206 Å². The molecule has 2 heterocycles. The van der Waals surface area contributed by atoms with E-state index in [1.807, 2.05) is 36.4 Å². The summed E-state index contributed by atoms with van der Waals surface area (Å²) in [5, 5.41) is 19.4. The second kappa shape index (κ2) is 11.0. The predicted octanol–water partition coefficient (Wildman–Crippen LogP) is 3.92. The highest BCUT2D eigenvalue weighted by atomic mass is 16.7. The van der Waals surface area contributed by atoms with E-state index in [2.05, 4.69) is 41.3 Å². The Morgan fingerprint density at radius 1 is 0.886 bits per heavy atom. The van der Waals surface area contributed by atoms with Crippen LogP contribution in [0.3, 0.4) is 0 Å². The van der Waals surface area contributed by atoms with Gasteiger partial charge >= 0.3 is 0 Å². The summed E-state index contributed by atoms with van der Waals surface area (Å²) in [4.78, 5) is 2.27. The molecule has 0 saturated carbocycles. The van der Waals surface area contributed by atoms with Crippen LogP contribution in [0, 0.1) is 0 Å². The van der Waals surface area contributed by atoms with E-state index in [4.69, 9.17) is 15.2 Å². The fourth-order valence-corrected chi connectivity index (χ4v) is 5.01. The van der Waals surface area contributed by atoms with Gasteiger partial charge in [-0.05, 0) is 40.3 Å². The van der Waals surface area contributed by atoms with Gasteiger partial charge < -0.3 is 25.4 Å². The second-order valence-electron chi connectivity index (χ2n) is 9.58. The topological polar surface area (TPSA) is 88.2 Å². The van der Waals surface area contributed by atoms with E-state index in [0.29, 0.717) is 13.1 Å². The molecule has 2 aliphatic rings. The molecule has 2 aliphatic heterocycles. The predicted molar refractivity (Wildman–Crippen MR) is 135 cm³/mol. The Hall–Kier alpha value is -2.58. The third-order valence-corrected chi connectivity index (χ3v) is 7.00. The summed E-state index contributed by atoms with van der Waals surface area (Å²) in [7, 11) is 0. The van der Waals surface area contributed by atoms with Crippen molar-refractivity contribution in [2.24, 2.45) is 5.73 Å². The Kier molecular flexibility index (Phi) is 7.58. The van der Waals surface area contributed by atoms with Gasteiger partial charge in [-0.3, -0.25) is 4.90 Å². The Morgan fingerprint density at radius 3 is 2.34 bits per heavy atom. The number of aliphatic hydroxyl groups excluding tert-OH is 2. The number of nitrogens with two attached hydrogens (primary N) is 1. The maximum absolute atomic E-state index is 9.96. The van der Waals surface area contributed by atoms with Gasteiger partial charge in [0, 0.05) is 38.2 Å². The lowest BCUT2D eigenvalue weighted by atomic mass is 9.99. The summed E-state index contributed by atoms with van der Waals surface area (Å²) >= 11 is 0. The highest BCUT2D eigenvalue weighted by Crippen LogP contribution is 2.39. The van der Waals surface area contributed by atoms with Gasteiger partial charge in [0.15, 0.2) is 6.29 Å². The number of hydrogen-bond donors (Lipinski definition) is 3. The van der Waals surface area contributed by atoms with Gasteiger partial charge in [-0.25, -0.2) is 0 Å². The molecule has 6 heteroatoms. The van der Waals surface area contributed by atoms with Crippen molar-refractivity contribution in [3.63, 3.8) is 0 Å². The van der Waals surface area contributed by atoms with Crippen LogP contribution in [0.25, 0.3) is 11.1 Å². The molecule has 0 bridgehead atoms. The lowest BCUT2D eigenvalue weighted by Crippen LogP contribution is -2.38. The van der Waals surface area contributed by atoms with Gasteiger partial charge in [0.25, 0.3) is 0 Å². The Bertz CT molecular complexity index is 1100. The van der Waals surface area contributed by atoms with Gasteiger partial charge in [-0.1, -0.05) is 66.7 Å². The minimum absolute atomic E-state index is 0.0116. The van der Waals surface area contributed by atoms with E-state index < -0.39 is 6.29 Å². The maximum Gasteiger partial charge on any atom is 0.184 e. The molecule has 0 spiro atoms. The number of aliphatic hydroxyl groups is 2. The first-order chi connectivity index (χ1) is 17.1. The number of likely N-dealkylation sites (tertiary alicyclic amines) is 1. The largest absolute Gasteiger partial charge is 0.392 e. The summed E-state index contributed by atoms with van der Waals surface area (Å²) in [5.41, 5.74) is 12.1. The zero-order valence-corrected chi connectivity index (χ0v) is 19.9. The lowest BCUT2D eigenvalue weighted by molar-refractivity contribution is -0.252. The first kappa shape index (κ1) is 24.1. The SMILES string of the molecule is NCc1cccc(-c2ccc([C@H]3O[C@@H](CN4CC[C@H](O)C4)C[C@@H](c4ccc(CO)cc4)O3)cc2)c1. The van der Waals surface area contributed by atoms with Crippen molar-refractivity contribution in [1.82, 2.24) is 4.90 Å². The van der Waals surface area contributed by atoms with Crippen LogP contribution in [0.15, 0.2) is 72.8 Å². The molecule has 4 N–H and O–H groups in total. The highest BCUT2D eigenvalue weighted by molar-refractivity contribution is 5.64. The molecule has 5 rings (SSSR count). The number of ether oxygens (including phenoxy) is 2. The molecule has 0 aromatic heterocycles. The molecule has 2 fully saturated rings. The van der Waals surface area contributed by atoms with Gasteiger partial charge in [-0.15, -0.1) is 0 Å². The van der Waals surface area contributed by atoms with Gasteiger partial charge in [0.2, 0.25) is 0 Å². The smallest absolute Gasteiger partial charge is 0.184 e. The summed E-state index contributed by atoms with van der Waals surface area (Å²) < 4.78 is 12.9. The average molecular weight is 475 g/mol. The first-order valence-electron chi connectivity index (χ1n) is 12.4. The van der Waals surface area contributed by atoms with E-state index >= 15 is 0 Å². The Morgan fingerprint density at radius 2 is 1.66 bits per heavy atom. The summed E-state index contributed by atoms with van der Waals surface area (Å²) in [6.07, 6.45) is 0.699. The van der Waals surface area contributed by atoms with Crippen molar-refractivity contribution in [3.8, 4) is 11.1 Å². The quantitative estimate of drug-likeness (QED) is 0.481. The molecule has 4 atom stereocenters. The van der Waals surface area contributed by atoms with E-state index in [0.717, 1.165) is 59.3 Å². The fraction of sp³-hybridized carbons (Fsp3) is 0.379. The molecule has 0 amide bonds. The van der Waals surface area contributed by atoms with Gasteiger partial charge in [0.1, 0.15) is 0 Å². The average Bonchev–Trinajstić information content (AvgIpc) is 3.32. The number of rotatable bonds is 7. The molecule has 0 aliphatic carbocycles. The molecule has 6 nitrogen and oxygen atoms in total. The zero-order chi connectivity index (χ0) is 24.2. The van der Waals surface area contributed by atoms with Crippen LogP contribution in [0.4, 0.5) is 0 Å². The minimum Gasteiger partial charge on any atom is -0.392 e. The molecule has 3 aromatic rings. The number of nitrogens with zero attached hydrogens (tertiary/aromatic N) is 1. The molecular weight excluding hydrogens is 440 g/mol. The van der Waals surface area contributed by atoms with Crippen LogP contribution in [0.1, 0.15) is 47.5 Å². The van der Waals surface area contributed by atoms with Gasteiger partial charge in [-0.2, -0.15) is 0 Å². The second-order valence-corrected chi connectivity index (χ2v) is 9.58.